The van der Waals surface area contributed by atoms with E-state index in [9.17, 15) is 9.59 Å². The lowest BCUT2D eigenvalue weighted by Gasteiger charge is -1.96. The van der Waals surface area contributed by atoms with E-state index in [1.165, 1.54) is 11.1 Å². The van der Waals surface area contributed by atoms with Crippen molar-refractivity contribution in [1.29, 1.82) is 0 Å². The van der Waals surface area contributed by atoms with Crippen molar-refractivity contribution in [2.24, 2.45) is 0 Å². The zero-order valence-corrected chi connectivity index (χ0v) is 11.2. The number of hydrogen-bond donors (Lipinski definition) is 0. The Bertz CT molecular complexity index is 627. The van der Waals surface area contributed by atoms with E-state index in [4.69, 9.17) is 0 Å². The molecule has 0 saturated carbocycles. The Kier molecular flexibility index (Phi) is 5.01. The molecule has 1 aliphatic rings. The highest BCUT2D eigenvalue weighted by molar-refractivity contribution is 5.78. The Morgan fingerprint density at radius 1 is 0.950 bits per heavy atom. The first-order valence-electron chi connectivity index (χ1n) is 6.56. The zero-order chi connectivity index (χ0) is 14.2. The van der Waals surface area contributed by atoms with Gasteiger partial charge in [0.05, 0.1) is 0 Å². The van der Waals surface area contributed by atoms with Crippen molar-refractivity contribution in [2.75, 3.05) is 0 Å². The van der Waals surface area contributed by atoms with Crippen LogP contribution < -0.4 is 0 Å². The van der Waals surface area contributed by atoms with Crippen LogP contribution in [0.3, 0.4) is 0 Å². The molecule has 0 aromatic heterocycles. The van der Waals surface area contributed by atoms with E-state index in [1.807, 2.05) is 6.07 Å². The Labute approximate surface area is 118 Å². The topological polar surface area (TPSA) is 34.1 Å². The second kappa shape index (κ2) is 7.19. The average molecular weight is 264 g/mol. The van der Waals surface area contributed by atoms with Crippen molar-refractivity contribution >= 4 is 18.6 Å². The van der Waals surface area contributed by atoms with E-state index in [-0.39, 0.29) is 0 Å². The molecule has 0 fully saturated rings. The predicted molar refractivity (Wildman–Crippen MR) is 80.8 cm³/mol. The molecule has 0 radical (unpaired) electrons. The van der Waals surface area contributed by atoms with E-state index in [2.05, 4.69) is 36.4 Å². The maximum atomic E-state index is 10.4. The minimum atomic E-state index is 0.314. The zero-order valence-electron chi connectivity index (χ0n) is 11.2. The van der Waals surface area contributed by atoms with E-state index < -0.39 is 0 Å². The van der Waals surface area contributed by atoms with Crippen LogP contribution in [0.1, 0.15) is 27.0 Å². The summed E-state index contributed by atoms with van der Waals surface area (Å²) in [4.78, 5) is 20.5. The predicted octanol–water partition coefficient (Wildman–Crippen LogP) is 3.50. The molecule has 3 rings (SSSR count). The summed E-state index contributed by atoms with van der Waals surface area (Å²) in [6, 6.07) is 15.6. The molecule has 2 nitrogen and oxygen atoms in total. The summed E-state index contributed by atoms with van der Waals surface area (Å²) in [6.07, 6.45) is 7.37. The van der Waals surface area contributed by atoms with Gasteiger partial charge in [0, 0.05) is 12.0 Å². The fourth-order valence-corrected chi connectivity index (χ4v) is 2.12. The largest absolute Gasteiger partial charge is 0.303 e. The maximum Gasteiger partial charge on any atom is 0.150 e. The van der Waals surface area contributed by atoms with Crippen LogP contribution in [0.2, 0.25) is 0 Å². The van der Waals surface area contributed by atoms with Crippen LogP contribution in [0.25, 0.3) is 6.08 Å². The molecule has 0 bridgehead atoms. The standard InChI is InChI=1S/C9H8O2.C9H8/c10-6-5-8-3-1-2-4-9(8)7-11;1-2-5-9-7-3-6-8(9)4-1/h1-4,6-7H,5H2;1-6H,7H2. The van der Waals surface area contributed by atoms with Crippen molar-refractivity contribution in [3.8, 4) is 0 Å². The first kappa shape index (κ1) is 13.9. The lowest BCUT2D eigenvalue weighted by Crippen LogP contribution is -1.92. The molecule has 2 aromatic carbocycles. The third kappa shape index (κ3) is 3.51. The number of fused-ring (bicyclic) bond motifs is 1. The smallest absolute Gasteiger partial charge is 0.150 e. The van der Waals surface area contributed by atoms with Gasteiger partial charge in [0.1, 0.15) is 12.6 Å². The number of aldehydes is 2. The van der Waals surface area contributed by atoms with E-state index in [0.717, 1.165) is 24.6 Å². The Morgan fingerprint density at radius 3 is 2.45 bits per heavy atom. The van der Waals surface area contributed by atoms with E-state index in [1.54, 1.807) is 18.2 Å². The van der Waals surface area contributed by atoms with Gasteiger partial charge >= 0.3 is 0 Å². The molecule has 1 aliphatic carbocycles. The first-order valence-corrected chi connectivity index (χ1v) is 6.56. The second-order valence-corrected chi connectivity index (χ2v) is 4.49. The molecule has 0 unspecified atom stereocenters. The number of carbonyl (C=O) groups excluding carboxylic acids is 2. The number of rotatable bonds is 3. The van der Waals surface area contributed by atoms with Gasteiger partial charge in [-0.3, -0.25) is 4.79 Å². The highest BCUT2D eigenvalue weighted by Gasteiger charge is 2.00. The highest BCUT2D eigenvalue weighted by atomic mass is 16.1. The number of hydrogen-bond acceptors (Lipinski definition) is 2. The molecule has 20 heavy (non-hydrogen) atoms. The minimum Gasteiger partial charge on any atom is -0.303 e. The van der Waals surface area contributed by atoms with Gasteiger partial charge in [-0.2, -0.15) is 0 Å². The van der Waals surface area contributed by atoms with Gasteiger partial charge in [0.2, 0.25) is 0 Å². The van der Waals surface area contributed by atoms with Crippen molar-refractivity contribution in [3.63, 3.8) is 0 Å². The van der Waals surface area contributed by atoms with Gasteiger partial charge in [0.25, 0.3) is 0 Å². The monoisotopic (exact) mass is 264 g/mol. The summed E-state index contributed by atoms with van der Waals surface area (Å²) in [7, 11) is 0. The molecule has 0 atom stereocenters. The Morgan fingerprint density at radius 2 is 1.70 bits per heavy atom. The van der Waals surface area contributed by atoms with E-state index >= 15 is 0 Å². The van der Waals surface area contributed by atoms with Crippen LogP contribution in [-0.2, 0) is 17.6 Å². The van der Waals surface area contributed by atoms with Gasteiger partial charge in [-0.25, -0.2) is 0 Å². The summed E-state index contributed by atoms with van der Waals surface area (Å²) >= 11 is 0. The maximum absolute atomic E-state index is 10.4. The van der Waals surface area contributed by atoms with Gasteiger partial charge in [-0.05, 0) is 23.1 Å². The number of allylic oxidation sites excluding steroid dienone is 1. The summed E-state index contributed by atoms with van der Waals surface area (Å²) in [5, 5.41) is 0. The van der Waals surface area contributed by atoms with Crippen molar-refractivity contribution in [2.45, 2.75) is 12.8 Å². The van der Waals surface area contributed by atoms with Crippen molar-refractivity contribution in [1.82, 2.24) is 0 Å². The Balaban J connectivity index is 0.000000149. The average Bonchev–Trinajstić information content (AvgIpc) is 2.97. The normalized spacial score (nSPS) is 11.2. The van der Waals surface area contributed by atoms with Crippen LogP contribution in [0.15, 0.2) is 54.6 Å². The SMILES string of the molecule is C1=Cc2ccccc2C1.O=CCc1ccccc1C=O. The number of benzene rings is 2. The van der Waals surface area contributed by atoms with Gasteiger partial charge in [0.15, 0.2) is 0 Å². The lowest BCUT2D eigenvalue weighted by molar-refractivity contribution is -0.107. The summed E-state index contributed by atoms with van der Waals surface area (Å²) in [5.41, 5.74) is 4.23. The molecule has 0 amide bonds. The first-order chi connectivity index (χ1) is 9.85. The summed E-state index contributed by atoms with van der Waals surface area (Å²) in [6.45, 7) is 0. The van der Waals surface area contributed by atoms with Crippen LogP contribution in [-0.4, -0.2) is 12.6 Å². The van der Waals surface area contributed by atoms with Crippen LogP contribution in [0.4, 0.5) is 0 Å². The van der Waals surface area contributed by atoms with Gasteiger partial charge in [-0.1, -0.05) is 60.7 Å². The fraction of sp³-hybridized carbons (Fsp3) is 0.111. The van der Waals surface area contributed by atoms with Crippen molar-refractivity contribution < 1.29 is 9.59 Å². The quantitative estimate of drug-likeness (QED) is 0.795. The summed E-state index contributed by atoms with van der Waals surface area (Å²) < 4.78 is 0. The van der Waals surface area contributed by atoms with Crippen LogP contribution in [0, 0.1) is 0 Å². The molecule has 2 aromatic rings. The molecule has 0 aliphatic heterocycles. The fourth-order valence-electron chi connectivity index (χ4n) is 2.12. The van der Waals surface area contributed by atoms with Gasteiger partial charge < -0.3 is 4.79 Å². The Hall–Kier alpha value is -2.48. The summed E-state index contributed by atoms with van der Waals surface area (Å²) in [5.74, 6) is 0. The molecule has 100 valence electrons. The second-order valence-electron chi connectivity index (χ2n) is 4.49. The van der Waals surface area contributed by atoms with Crippen molar-refractivity contribution in [3.05, 3.63) is 76.9 Å². The minimum absolute atomic E-state index is 0.314. The van der Waals surface area contributed by atoms with Crippen LogP contribution >= 0.6 is 0 Å². The molecular formula is C18H16O2. The number of carbonyl (C=O) groups is 2. The molecule has 0 spiro atoms. The lowest BCUT2D eigenvalue weighted by atomic mass is 10.1. The molecule has 0 saturated heterocycles. The molecule has 0 heterocycles. The molecule has 0 N–H and O–H groups in total. The van der Waals surface area contributed by atoms with E-state index in [0.29, 0.717) is 12.0 Å². The van der Waals surface area contributed by atoms with Crippen LogP contribution in [0.5, 0.6) is 0 Å². The third-order valence-corrected chi connectivity index (χ3v) is 3.18. The molecular weight excluding hydrogens is 248 g/mol. The highest BCUT2D eigenvalue weighted by Crippen LogP contribution is 2.17. The van der Waals surface area contributed by atoms with Gasteiger partial charge in [-0.15, -0.1) is 0 Å². The third-order valence-electron chi connectivity index (χ3n) is 3.18. The molecule has 2 heteroatoms.